The highest BCUT2D eigenvalue weighted by Crippen LogP contribution is 2.41. The van der Waals surface area contributed by atoms with Gasteiger partial charge in [0.15, 0.2) is 6.23 Å². The largest absolute Gasteiger partial charge is 0.391 e. The smallest absolute Gasteiger partial charge is 0.330 e. The molecular weight excluding hydrogens is 302 g/mol. The zero-order valence-electron chi connectivity index (χ0n) is 11.7. The second-order valence-corrected chi connectivity index (χ2v) is 4.93. The number of aromatic amines is 1. The van der Waals surface area contributed by atoms with Gasteiger partial charge in [0.1, 0.15) is 12.2 Å². The molecule has 7 nitrogen and oxygen atoms in total. The summed E-state index contributed by atoms with van der Waals surface area (Å²) in [5, 5.41) is 19.5. The molecule has 9 heteroatoms. The maximum atomic E-state index is 15.0. The summed E-state index contributed by atoms with van der Waals surface area (Å²) < 4.78 is 34.0. The van der Waals surface area contributed by atoms with Crippen LogP contribution in [0.15, 0.2) is 15.8 Å². The number of aromatic nitrogens is 2. The second kappa shape index (κ2) is 5.64. The molecule has 0 saturated carbocycles. The number of H-pyrrole nitrogens is 1. The van der Waals surface area contributed by atoms with Crippen molar-refractivity contribution < 1.29 is 23.7 Å². The van der Waals surface area contributed by atoms with Crippen molar-refractivity contribution in [1.82, 2.24) is 9.55 Å². The summed E-state index contributed by atoms with van der Waals surface area (Å²) >= 11 is 0. The average molecular weight is 316 g/mol. The molecule has 5 atom stereocenters. The van der Waals surface area contributed by atoms with Gasteiger partial charge in [-0.2, -0.15) is 4.39 Å². The Balaban J connectivity index is 2.61. The van der Waals surface area contributed by atoms with Crippen molar-refractivity contribution in [2.24, 2.45) is 0 Å². The Morgan fingerprint density at radius 1 is 1.55 bits per heavy atom. The first-order valence-corrected chi connectivity index (χ1v) is 6.37. The Bertz CT molecular complexity index is 747. The summed E-state index contributed by atoms with van der Waals surface area (Å²) in [4.78, 5) is 24.5. The fourth-order valence-corrected chi connectivity index (χ4v) is 2.32. The van der Waals surface area contributed by atoms with E-state index in [2.05, 4.69) is 11.8 Å². The van der Waals surface area contributed by atoms with Crippen LogP contribution < -0.4 is 11.2 Å². The van der Waals surface area contributed by atoms with Crippen LogP contribution in [0.2, 0.25) is 0 Å². The van der Waals surface area contributed by atoms with Crippen LogP contribution in [0.25, 0.3) is 0 Å². The van der Waals surface area contributed by atoms with Crippen molar-refractivity contribution in [3.05, 3.63) is 32.9 Å². The van der Waals surface area contributed by atoms with E-state index in [-0.39, 0.29) is 0 Å². The molecule has 0 aliphatic carbocycles. The molecule has 1 aliphatic heterocycles. The van der Waals surface area contributed by atoms with Crippen molar-refractivity contribution in [3.63, 3.8) is 0 Å². The van der Waals surface area contributed by atoms with Gasteiger partial charge < -0.3 is 14.9 Å². The van der Waals surface area contributed by atoms with Crippen molar-refractivity contribution in [3.8, 4) is 11.8 Å². The molecule has 1 saturated heterocycles. The van der Waals surface area contributed by atoms with E-state index < -0.39 is 47.3 Å². The van der Waals surface area contributed by atoms with E-state index in [1.807, 2.05) is 0 Å². The number of nitrogens with zero attached hydrogens (tertiary/aromatic N) is 1. The van der Waals surface area contributed by atoms with Crippen LogP contribution in [0, 0.1) is 17.7 Å². The Morgan fingerprint density at radius 2 is 2.18 bits per heavy atom. The molecule has 22 heavy (non-hydrogen) atoms. The lowest BCUT2D eigenvalue weighted by atomic mass is 9.94. The van der Waals surface area contributed by atoms with Gasteiger partial charge in [-0.25, -0.2) is 9.18 Å². The second-order valence-electron chi connectivity index (χ2n) is 4.93. The van der Waals surface area contributed by atoms with Crippen LogP contribution >= 0.6 is 0 Å². The highest BCUT2D eigenvalue weighted by Gasteiger charge is 2.59. The minimum absolute atomic E-state index is 0.451. The van der Waals surface area contributed by atoms with Gasteiger partial charge in [0.05, 0.1) is 12.3 Å². The van der Waals surface area contributed by atoms with Crippen LogP contribution in [0.1, 0.15) is 20.1 Å². The molecule has 1 fully saturated rings. The van der Waals surface area contributed by atoms with E-state index in [9.17, 15) is 24.2 Å². The predicted octanol–water partition coefficient (Wildman–Crippen LogP) is -0.954. The molecule has 2 rings (SSSR count). The number of ether oxygens (including phenoxy) is 1. The molecule has 0 radical (unpaired) electrons. The standard InChI is InChI=1S/C13H14F2N2O5/c1-3-4-13(15)9(19)8(6(2)18)22-11(13)17-5-7(14)10(20)16-12(17)21/h5-6,8-9,11,18-19H,1-2H3,(H,16,20,21)/t6-,8+,9?,11+,13?/m0/s1. The first-order chi connectivity index (χ1) is 10.2. The molecular formula is C13H14F2N2O5. The van der Waals surface area contributed by atoms with E-state index >= 15 is 4.39 Å². The first-order valence-electron chi connectivity index (χ1n) is 6.37. The molecule has 2 heterocycles. The maximum absolute atomic E-state index is 15.0. The highest BCUT2D eigenvalue weighted by molar-refractivity contribution is 5.23. The molecule has 1 aromatic heterocycles. The molecule has 0 spiro atoms. The zero-order chi connectivity index (χ0) is 16.7. The predicted molar refractivity (Wildman–Crippen MR) is 70.2 cm³/mol. The molecule has 1 aliphatic rings. The monoisotopic (exact) mass is 316 g/mol. The number of halogens is 2. The molecule has 3 N–H and O–H groups in total. The minimum atomic E-state index is -2.76. The third kappa shape index (κ3) is 2.45. The summed E-state index contributed by atoms with van der Waals surface area (Å²) in [5.41, 5.74) is -5.15. The number of hydrogen-bond donors (Lipinski definition) is 3. The van der Waals surface area contributed by atoms with Gasteiger partial charge >= 0.3 is 5.69 Å². The summed E-state index contributed by atoms with van der Waals surface area (Å²) in [7, 11) is 0. The van der Waals surface area contributed by atoms with E-state index in [4.69, 9.17) is 4.74 Å². The average Bonchev–Trinajstić information content (AvgIpc) is 2.68. The lowest BCUT2D eigenvalue weighted by molar-refractivity contribution is -0.0806. The normalized spacial score (nSPS) is 32.4. The maximum Gasteiger partial charge on any atom is 0.330 e. The fraction of sp³-hybridized carbons (Fsp3) is 0.538. The van der Waals surface area contributed by atoms with Crippen LogP contribution in [0.5, 0.6) is 0 Å². The SMILES string of the molecule is CC#CC1(F)C(O)[C@@H]([C@H](C)O)O[C@H]1n1cc(F)c(=O)[nH]c1=O. The number of hydrogen-bond acceptors (Lipinski definition) is 5. The van der Waals surface area contributed by atoms with E-state index in [0.717, 1.165) is 0 Å². The first kappa shape index (κ1) is 16.4. The van der Waals surface area contributed by atoms with Crippen LogP contribution in [-0.2, 0) is 4.74 Å². The van der Waals surface area contributed by atoms with Gasteiger partial charge in [0.25, 0.3) is 5.56 Å². The summed E-state index contributed by atoms with van der Waals surface area (Å²) in [6.07, 6.45) is -5.87. The molecule has 0 aromatic carbocycles. The van der Waals surface area contributed by atoms with Gasteiger partial charge in [0.2, 0.25) is 11.5 Å². The van der Waals surface area contributed by atoms with Gasteiger partial charge in [-0.1, -0.05) is 5.92 Å². The summed E-state index contributed by atoms with van der Waals surface area (Å²) in [5.74, 6) is 3.02. The number of nitrogens with one attached hydrogen (secondary N) is 1. The van der Waals surface area contributed by atoms with Crippen LogP contribution in [0.4, 0.5) is 8.78 Å². The minimum Gasteiger partial charge on any atom is -0.391 e. The Kier molecular flexibility index (Phi) is 4.19. The van der Waals surface area contributed by atoms with Crippen molar-refractivity contribution >= 4 is 0 Å². The Labute approximate surface area is 123 Å². The third-order valence-corrected chi connectivity index (χ3v) is 3.36. The molecule has 2 unspecified atom stereocenters. The molecule has 1 aromatic rings. The van der Waals surface area contributed by atoms with Gasteiger partial charge in [-0.3, -0.25) is 14.3 Å². The summed E-state index contributed by atoms with van der Waals surface area (Å²) in [6.45, 7) is 2.56. The lowest BCUT2D eigenvalue weighted by Gasteiger charge is -2.24. The summed E-state index contributed by atoms with van der Waals surface area (Å²) in [6, 6.07) is 0. The number of alkyl halides is 1. The Hall–Kier alpha value is -2.02. The topological polar surface area (TPSA) is 105 Å². The zero-order valence-corrected chi connectivity index (χ0v) is 11.7. The molecule has 0 bridgehead atoms. The molecule has 120 valence electrons. The van der Waals surface area contributed by atoms with Gasteiger partial charge in [0, 0.05) is 0 Å². The number of rotatable bonds is 2. The number of aliphatic hydroxyl groups excluding tert-OH is 2. The van der Waals surface area contributed by atoms with E-state index in [1.165, 1.54) is 13.8 Å². The van der Waals surface area contributed by atoms with E-state index in [1.54, 1.807) is 4.98 Å². The van der Waals surface area contributed by atoms with Crippen molar-refractivity contribution in [2.45, 2.75) is 44.1 Å². The van der Waals surface area contributed by atoms with Gasteiger partial charge in [-0.15, -0.1) is 5.92 Å². The van der Waals surface area contributed by atoms with E-state index in [0.29, 0.717) is 10.8 Å². The van der Waals surface area contributed by atoms with Crippen LogP contribution in [-0.4, -0.2) is 43.7 Å². The van der Waals surface area contributed by atoms with Crippen molar-refractivity contribution in [2.75, 3.05) is 0 Å². The Morgan fingerprint density at radius 3 is 2.73 bits per heavy atom. The highest BCUT2D eigenvalue weighted by atomic mass is 19.1. The lowest BCUT2D eigenvalue weighted by Crippen LogP contribution is -2.46. The van der Waals surface area contributed by atoms with Crippen molar-refractivity contribution in [1.29, 1.82) is 0 Å². The quantitative estimate of drug-likeness (QED) is 0.610. The van der Waals surface area contributed by atoms with Crippen LogP contribution in [0.3, 0.4) is 0 Å². The fourth-order valence-electron chi connectivity index (χ4n) is 2.32. The number of aliphatic hydroxyl groups is 2. The third-order valence-electron chi connectivity index (χ3n) is 3.36. The molecule has 0 amide bonds. The van der Waals surface area contributed by atoms with Gasteiger partial charge in [-0.05, 0) is 13.8 Å².